The predicted octanol–water partition coefficient (Wildman–Crippen LogP) is 0.109. The second-order valence-corrected chi connectivity index (χ2v) is 4.18. The molecule has 0 saturated carbocycles. The maximum absolute atomic E-state index is 12.2. The van der Waals surface area contributed by atoms with E-state index in [9.17, 15) is 4.79 Å². The van der Waals surface area contributed by atoms with Gasteiger partial charge >= 0.3 is 0 Å². The predicted molar refractivity (Wildman–Crippen MR) is 64.5 cm³/mol. The third kappa shape index (κ3) is 2.48. The third-order valence-corrected chi connectivity index (χ3v) is 3.03. The zero-order chi connectivity index (χ0) is 12.3. The number of nitrogens with one attached hydrogen (secondary N) is 1. The Morgan fingerprint density at radius 1 is 1.53 bits per heavy atom. The molecule has 1 aliphatic rings. The molecule has 0 spiro atoms. The summed E-state index contributed by atoms with van der Waals surface area (Å²) >= 11 is 0. The van der Waals surface area contributed by atoms with Gasteiger partial charge in [0.1, 0.15) is 0 Å². The van der Waals surface area contributed by atoms with E-state index in [0.717, 1.165) is 31.9 Å². The van der Waals surface area contributed by atoms with Crippen LogP contribution in [0, 0.1) is 19.3 Å². The van der Waals surface area contributed by atoms with Crippen LogP contribution in [0.1, 0.15) is 16.1 Å². The minimum absolute atomic E-state index is 0.0524. The Labute approximate surface area is 101 Å². The fourth-order valence-corrected chi connectivity index (χ4v) is 1.97. The molecule has 5 heteroatoms. The summed E-state index contributed by atoms with van der Waals surface area (Å²) in [4.78, 5) is 16.2. The highest BCUT2D eigenvalue weighted by molar-refractivity contribution is 5.95. The van der Waals surface area contributed by atoms with Gasteiger partial charge in [-0.25, -0.2) is 0 Å². The number of nitrogens with zero attached hydrogens (tertiary/aromatic N) is 3. The second-order valence-electron chi connectivity index (χ2n) is 4.18. The number of aromatic amines is 1. The zero-order valence-electron chi connectivity index (χ0n) is 9.94. The van der Waals surface area contributed by atoms with Gasteiger partial charge < -0.3 is 4.90 Å². The number of hydrogen-bond acceptors (Lipinski definition) is 3. The quantitative estimate of drug-likeness (QED) is 0.736. The number of H-pyrrole nitrogens is 1. The van der Waals surface area contributed by atoms with Crippen molar-refractivity contribution in [1.29, 1.82) is 0 Å². The van der Waals surface area contributed by atoms with E-state index >= 15 is 0 Å². The molecule has 0 radical (unpaired) electrons. The second kappa shape index (κ2) is 5.02. The van der Waals surface area contributed by atoms with Gasteiger partial charge in [0, 0.05) is 31.9 Å². The fourth-order valence-electron chi connectivity index (χ4n) is 1.97. The van der Waals surface area contributed by atoms with E-state index in [1.54, 1.807) is 6.20 Å². The van der Waals surface area contributed by atoms with Crippen LogP contribution in [0.2, 0.25) is 0 Å². The summed E-state index contributed by atoms with van der Waals surface area (Å²) in [5.41, 5.74) is 1.48. The van der Waals surface area contributed by atoms with Gasteiger partial charge in [-0.1, -0.05) is 5.92 Å². The van der Waals surface area contributed by atoms with E-state index in [4.69, 9.17) is 6.42 Å². The summed E-state index contributed by atoms with van der Waals surface area (Å²) in [7, 11) is 0. The fraction of sp³-hybridized carbons (Fsp3) is 0.500. The molecule has 1 amide bonds. The first-order valence-electron chi connectivity index (χ1n) is 5.67. The Morgan fingerprint density at radius 3 is 2.76 bits per heavy atom. The molecule has 1 fully saturated rings. The first-order valence-corrected chi connectivity index (χ1v) is 5.67. The summed E-state index contributed by atoms with van der Waals surface area (Å²) in [5.74, 6) is 2.68. The van der Waals surface area contributed by atoms with Crippen LogP contribution < -0.4 is 0 Å². The molecule has 90 valence electrons. The van der Waals surface area contributed by atoms with Gasteiger partial charge in [-0.3, -0.25) is 14.8 Å². The zero-order valence-corrected chi connectivity index (χ0v) is 9.94. The van der Waals surface area contributed by atoms with Crippen molar-refractivity contribution in [3.05, 3.63) is 17.5 Å². The number of hydrogen-bond donors (Lipinski definition) is 1. The Kier molecular flexibility index (Phi) is 3.45. The molecular weight excluding hydrogens is 216 g/mol. The summed E-state index contributed by atoms with van der Waals surface area (Å²) < 4.78 is 0. The largest absolute Gasteiger partial charge is 0.336 e. The molecular formula is C12H16N4O. The molecule has 2 rings (SSSR count). The van der Waals surface area contributed by atoms with Gasteiger partial charge in [0.05, 0.1) is 18.3 Å². The van der Waals surface area contributed by atoms with Crippen LogP contribution in [0.5, 0.6) is 0 Å². The molecule has 5 nitrogen and oxygen atoms in total. The monoisotopic (exact) mass is 232 g/mol. The molecule has 1 aromatic rings. The molecule has 2 heterocycles. The number of amides is 1. The van der Waals surface area contributed by atoms with Crippen molar-refractivity contribution >= 4 is 5.91 Å². The third-order valence-electron chi connectivity index (χ3n) is 3.03. The summed E-state index contributed by atoms with van der Waals surface area (Å²) in [6.07, 6.45) is 6.86. The van der Waals surface area contributed by atoms with E-state index < -0.39 is 0 Å². The topological polar surface area (TPSA) is 52.2 Å². The molecule has 1 N–H and O–H groups in total. The standard InChI is InChI=1S/C12H16N4O/c1-3-4-15-5-7-16(8-6-15)12(17)11-9-13-14-10(11)2/h1,9H,4-8H2,2H3,(H,13,14). The smallest absolute Gasteiger partial charge is 0.257 e. The minimum Gasteiger partial charge on any atom is -0.336 e. The molecule has 1 saturated heterocycles. The Balaban J connectivity index is 1.96. The van der Waals surface area contributed by atoms with Crippen LogP contribution >= 0.6 is 0 Å². The average molecular weight is 232 g/mol. The lowest BCUT2D eigenvalue weighted by atomic mass is 10.2. The lowest BCUT2D eigenvalue weighted by Crippen LogP contribution is -2.48. The minimum atomic E-state index is 0.0524. The summed E-state index contributed by atoms with van der Waals surface area (Å²) in [6, 6.07) is 0. The van der Waals surface area contributed by atoms with Gasteiger partial charge in [-0.15, -0.1) is 6.42 Å². The molecule has 0 aliphatic carbocycles. The maximum Gasteiger partial charge on any atom is 0.257 e. The van der Waals surface area contributed by atoms with Crippen LogP contribution in [0.4, 0.5) is 0 Å². The Bertz CT molecular complexity index is 438. The SMILES string of the molecule is C#CCN1CCN(C(=O)c2cn[nH]c2C)CC1. The van der Waals surface area contributed by atoms with Crippen LogP contribution in [0.3, 0.4) is 0 Å². The van der Waals surface area contributed by atoms with Crippen molar-refractivity contribution in [2.75, 3.05) is 32.7 Å². The van der Waals surface area contributed by atoms with E-state index in [1.165, 1.54) is 0 Å². The van der Waals surface area contributed by atoms with Crippen molar-refractivity contribution in [2.45, 2.75) is 6.92 Å². The number of aryl methyl sites for hydroxylation is 1. The molecule has 0 unspecified atom stereocenters. The maximum atomic E-state index is 12.2. The Hall–Kier alpha value is -1.80. The summed E-state index contributed by atoms with van der Waals surface area (Å²) in [6.45, 7) is 5.65. The molecule has 0 aromatic carbocycles. The van der Waals surface area contributed by atoms with Gasteiger partial charge in [-0.05, 0) is 6.92 Å². The van der Waals surface area contributed by atoms with Gasteiger partial charge in [0.2, 0.25) is 0 Å². The van der Waals surface area contributed by atoms with E-state index in [1.807, 2.05) is 11.8 Å². The number of rotatable bonds is 2. The van der Waals surface area contributed by atoms with Crippen LogP contribution in [0.15, 0.2) is 6.20 Å². The summed E-state index contributed by atoms with van der Waals surface area (Å²) in [5, 5.41) is 6.66. The highest BCUT2D eigenvalue weighted by atomic mass is 16.2. The number of terminal acetylenes is 1. The molecule has 1 aromatic heterocycles. The normalized spacial score (nSPS) is 16.8. The molecule has 0 bridgehead atoms. The van der Waals surface area contributed by atoms with Crippen LogP contribution in [0.25, 0.3) is 0 Å². The molecule has 1 aliphatic heterocycles. The number of aromatic nitrogens is 2. The lowest BCUT2D eigenvalue weighted by Gasteiger charge is -2.33. The number of carbonyl (C=O) groups is 1. The molecule has 0 atom stereocenters. The van der Waals surface area contributed by atoms with E-state index in [2.05, 4.69) is 21.0 Å². The highest BCUT2D eigenvalue weighted by Crippen LogP contribution is 2.10. The van der Waals surface area contributed by atoms with Gasteiger partial charge in [0.25, 0.3) is 5.91 Å². The Morgan fingerprint density at radius 2 is 2.24 bits per heavy atom. The number of piperazine rings is 1. The van der Waals surface area contributed by atoms with Crippen molar-refractivity contribution in [1.82, 2.24) is 20.0 Å². The van der Waals surface area contributed by atoms with E-state index in [0.29, 0.717) is 12.1 Å². The van der Waals surface area contributed by atoms with Crippen LogP contribution in [-0.4, -0.2) is 58.6 Å². The van der Waals surface area contributed by atoms with Crippen molar-refractivity contribution in [3.63, 3.8) is 0 Å². The van der Waals surface area contributed by atoms with Crippen molar-refractivity contribution in [2.24, 2.45) is 0 Å². The van der Waals surface area contributed by atoms with Crippen LogP contribution in [-0.2, 0) is 0 Å². The highest BCUT2D eigenvalue weighted by Gasteiger charge is 2.23. The van der Waals surface area contributed by atoms with Crippen molar-refractivity contribution < 1.29 is 4.79 Å². The van der Waals surface area contributed by atoms with Crippen molar-refractivity contribution in [3.8, 4) is 12.3 Å². The average Bonchev–Trinajstić information content (AvgIpc) is 2.76. The van der Waals surface area contributed by atoms with Gasteiger partial charge in [-0.2, -0.15) is 5.10 Å². The first-order chi connectivity index (χ1) is 8.22. The van der Waals surface area contributed by atoms with E-state index in [-0.39, 0.29) is 5.91 Å². The lowest BCUT2D eigenvalue weighted by molar-refractivity contribution is 0.0651. The molecule has 17 heavy (non-hydrogen) atoms. The first kappa shape index (κ1) is 11.7. The van der Waals surface area contributed by atoms with Gasteiger partial charge in [0.15, 0.2) is 0 Å². The number of carbonyl (C=O) groups excluding carboxylic acids is 1.